The van der Waals surface area contributed by atoms with Crippen molar-refractivity contribution in [3.05, 3.63) is 0 Å². The maximum absolute atomic E-state index is 13.1. The number of esters is 1. The van der Waals surface area contributed by atoms with Crippen LogP contribution in [0.1, 0.15) is 19.8 Å². The average Bonchev–Trinajstić information content (AvgIpc) is 2.36. The average molecular weight is 346 g/mol. The molecule has 0 spiro atoms. The number of aliphatic carboxylic acids is 1. The van der Waals surface area contributed by atoms with Crippen LogP contribution in [0.4, 0.5) is 35.1 Å². The van der Waals surface area contributed by atoms with E-state index < -0.39 is 55.1 Å². The Morgan fingerprint density at radius 1 is 0.955 bits per heavy atom. The number of carbonyl (C=O) groups is 2. The summed E-state index contributed by atoms with van der Waals surface area (Å²) in [6, 6.07) is 0. The molecule has 130 valence electrons. The molecule has 0 rings (SSSR count). The Hall–Kier alpha value is -1.62. The fourth-order valence-corrected chi connectivity index (χ4v) is 1.20. The Labute approximate surface area is 118 Å². The molecule has 0 aliphatic heterocycles. The van der Waals surface area contributed by atoms with Crippen molar-refractivity contribution >= 4 is 11.9 Å². The van der Waals surface area contributed by atoms with Gasteiger partial charge in [-0.1, -0.05) is 0 Å². The van der Waals surface area contributed by atoms with E-state index in [9.17, 15) is 44.7 Å². The number of hydrogen-bond acceptors (Lipinski definition) is 3. The molecule has 0 aromatic heterocycles. The Morgan fingerprint density at radius 3 is 1.77 bits per heavy atom. The minimum atomic E-state index is -6.80. The first kappa shape index (κ1) is 20.4. The van der Waals surface area contributed by atoms with Crippen molar-refractivity contribution in [3.8, 4) is 0 Å². The molecule has 0 saturated carbocycles. The van der Waals surface area contributed by atoms with E-state index in [0.29, 0.717) is 0 Å². The van der Waals surface area contributed by atoms with Crippen LogP contribution in [0.3, 0.4) is 0 Å². The summed E-state index contributed by atoms with van der Waals surface area (Å²) in [6.07, 6.45) is -4.01. The van der Waals surface area contributed by atoms with E-state index in [2.05, 4.69) is 4.74 Å². The van der Waals surface area contributed by atoms with Crippen molar-refractivity contribution in [2.45, 2.75) is 43.5 Å². The zero-order chi connectivity index (χ0) is 18.0. The first-order valence-corrected chi connectivity index (χ1v) is 5.55. The Bertz CT molecular complexity index is 435. The highest BCUT2D eigenvalue weighted by Gasteiger charge is 2.82. The molecule has 0 aliphatic carbocycles. The van der Waals surface area contributed by atoms with Gasteiger partial charge in [0.2, 0.25) is 0 Å². The second-order valence-corrected chi connectivity index (χ2v) is 4.04. The van der Waals surface area contributed by atoms with E-state index in [1.807, 2.05) is 0 Å². The third-order valence-electron chi connectivity index (χ3n) is 2.43. The minimum absolute atomic E-state index is 0.883. The molecule has 0 saturated heterocycles. The van der Waals surface area contributed by atoms with Crippen LogP contribution in [-0.2, 0) is 14.3 Å². The van der Waals surface area contributed by atoms with Gasteiger partial charge in [0.1, 0.15) is 0 Å². The van der Waals surface area contributed by atoms with Crippen LogP contribution in [0.5, 0.6) is 0 Å². The molecular formula is C10H10F8O4. The summed E-state index contributed by atoms with van der Waals surface area (Å²) in [4.78, 5) is 20.7. The summed E-state index contributed by atoms with van der Waals surface area (Å²) in [5.74, 6) is -30.7. The Balaban J connectivity index is 5.63. The molecule has 1 N–H and O–H groups in total. The number of rotatable bonds is 8. The molecule has 0 unspecified atom stereocenters. The lowest BCUT2D eigenvalue weighted by Gasteiger charge is -2.35. The molecule has 0 bridgehead atoms. The summed E-state index contributed by atoms with van der Waals surface area (Å²) >= 11 is 0. The molecule has 0 atom stereocenters. The van der Waals surface area contributed by atoms with Crippen LogP contribution in [0.15, 0.2) is 0 Å². The lowest BCUT2D eigenvalue weighted by atomic mass is 9.95. The van der Waals surface area contributed by atoms with Gasteiger partial charge in [0.05, 0.1) is 13.0 Å². The molecule has 0 aromatic rings. The van der Waals surface area contributed by atoms with Gasteiger partial charge in [-0.2, -0.15) is 35.1 Å². The van der Waals surface area contributed by atoms with Gasteiger partial charge in [-0.3, -0.25) is 4.79 Å². The van der Waals surface area contributed by atoms with Crippen LogP contribution >= 0.6 is 0 Å². The van der Waals surface area contributed by atoms with E-state index >= 15 is 0 Å². The number of carbonyl (C=O) groups excluding carboxylic acids is 1. The topological polar surface area (TPSA) is 63.6 Å². The predicted octanol–water partition coefficient (Wildman–Crippen LogP) is 2.96. The number of carboxylic acids is 1. The lowest BCUT2D eigenvalue weighted by molar-refractivity contribution is -0.361. The molecule has 12 heteroatoms. The SMILES string of the molecule is CCOC(=O)C(F)(F)C(F)(F)C(F)(F)C(F)(F)CCC(=O)O. The van der Waals surface area contributed by atoms with Gasteiger partial charge in [-0.05, 0) is 6.92 Å². The van der Waals surface area contributed by atoms with E-state index in [-0.39, 0.29) is 0 Å². The van der Waals surface area contributed by atoms with Crippen molar-refractivity contribution in [1.29, 1.82) is 0 Å². The monoisotopic (exact) mass is 346 g/mol. The van der Waals surface area contributed by atoms with Gasteiger partial charge in [-0.25, -0.2) is 4.79 Å². The summed E-state index contributed by atoms with van der Waals surface area (Å²) in [6.45, 7) is 0.0111. The van der Waals surface area contributed by atoms with E-state index in [0.717, 1.165) is 6.92 Å². The zero-order valence-corrected chi connectivity index (χ0v) is 10.8. The summed E-state index contributed by atoms with van der Waals surface area (Å²) in [5, 5.41) is 8.08. The Morgan fingerprint density at radius 2 is 1.41 bits per heavy atom. The van der Waals surface area contributed by atoms with Crippen molar-refractivity contribution in [1.82, 2.24) is 0 Å². The quantitative estimate of drug-likeness (QED) is 0.542. The molecule has 0 radical (unpaired) electrons. The number of alkyl halides is 8. The third-order valence-corrected chi connectivity index (χ3v) is 2.43. The highest BCUT2D eigenvalue weighted by atomic mass is 19.4. The van der Waals surface area contributed by atoms with Gasteiger partial charge in [0, 0.05) is 6.42 Å². The fraction of sp³-hybridized carbons (Fsp3) is 0.800. The van der Waals surface area contributed by atoms with E-state index in [1.165, 1.54) is 0 Å². The molecule has 0 aromatic carbocycles. The normalized spacial score (nSPS) is 13.9. The molecule has 4 nitrogen and oxygen atoms in total. The van der Waals surface area contributed by atoms with Crippen molar-refractivity contribution in [2.75, 3.05) is 6.61 Å². The predicted molar refractivity (Wildman–Crippen MR) is 53.3 cm³/mol. The lowest BCUT2D eigenvalue weighted by Crippen LogP contribution is -2.64. The summed E-state index contributed by atoms with van der Waals surface area (Å²) in [7, 11) is 0. The summed E-state index contributed by atoms with van der Waals surface area (Å²) < 4.78 is 108. The smallest absolute Gasteiger partial charge is 0.410 e. The molecule has 0 heterocycles. The van der Waals surface area contributed by atoms with Crippen LogP contribution < -0.4 is 0 Å². The number of carboxylic acid groups (broad SMARTS) is 1. The van der Waals surface area contributed by atoms with Gasteiger partial charge in [-0.15, -0.1) is 0 Å². The largest absolute Gasteiger partial charge is 0.481 e. The highest BCUT2D eigenvalue weighted by Crippen LogP contribution is 2.54. The van der Waals surface area contributed by atoms with Gasteiger partial charge in [0.15, 0.2) is 0 Å². The maximum atomic E-state index is 13.1. The minimum Gasteiger partial charge on any atom is -0.481 e. The van der Waals surface area contributed by atoms with Crippen LogP contribution in [-0.4, -0.2) is 47.3 Å². The number of halogens is 8. The molecule has 22 heavy (non-hydrogen) atoms. The van der Waals surface area contributed by atoms with Crippen LogP contribution in [0, 0.1) is 0 Å². The van der Waals surface area contributed by atoms with E-state index in [1.54, 1.807) is 0 Å². The maximum Gasteiger partial charge on any atom is 0.410 e. The van der Waals surface area contributed by atoms with Crippen LogP contribution in [0.2, 0.25) is 0 Å². The number of ether oxygens (including phenoxy) is 1. The molecule has 0 amide bonds. The highest BCUT2D eigenvalue weighted by molar-refractivity contribution is 5.79. The molecule has 0 aliphatic rings. The van der Waals surface area contributed by atoms with Crippen LogP contribution in [0.25, 0.3) is 0 Å². The third kappa shape index (κ3) is 3.40. The van der Waals surface area contributed by atoms with Crippen molar-refractivity contribution in [3.63, 3.8) is 0 Å². The van der Waals surface area contributed by atoms with Crippen molar-refractivity contribution in [2.24, 2.45) is 0 Å². The zero-order valence-electron chi connectivity index (χ0n) is 10.8. The second-order valence-electron chi connectivity index (χ2n) is 4.04. The first-order valence-electron chi connectivity index (χ1n) is 5.55. The second kappa shape index (κ2) is 6.24. The van der Waals surface area contributed by atoms with Gasteiger partial charge in [0.25, 0.3) is 0 Å². The van der Waals surface area contributed by atoms with Crippen molar-refractivity contribution < 1.29 is 54.6 Å². The first-order chi connectivity index (χ1) is 9.65. The molecular weight excluding hydrogens is 336 g/mol. The molecule has 0 fully saturated rings. The van der Waals surface area contributed by atoms with Gasteiger partial charge >= 0.3 is 35.6 Å². The standard InChI is InChI=1S/C10H10F8O4/c1-2-22-6(21)8(13,14)10(17,18)9(15,16)7(11,12)4-3-5(19)20/h2-4H2,1H3,(H,19,20). The Kier molecular flexibility index (Phi) is 5.78. The van der Waals surface area contributed by atoms with E-state index in [4.69, 9.17) is 5.11 Å². The number of hydrogen-bond donors (Lipinski definition) is 1. The van der Waals surface area contributed by atoms with Gasteiger partial charge < -0.3 is 9.84 Å². The fourth-order valence-electron chi connectivity index (χ4n) is 1.20. The summed E-state index contributed by atoms with van der Waals surface area (Å²) in [5.41, 5.74) is 0.